The van der Waals surface area contributed by atoms with Crippen LogP contribution in [0.15, 0.2) is 71.9 Å². The average Bonchev–Trinajstić information content (AvgIpc) is 3.32. The number of nitrogens with zero attached hydrogens (tertiary/aromatic N) is 3. The number of carbonyl (C=O) groups is 1. The second kappa shape index (κ2) is 9.45. The van der Waals surface area contributed by atoms with E-state index < -0.39 is 10.0 Å². The molecule has 7 nitrogen and oxygen atoms in total. The minimum absolute atomic E-state index is 0.168. The van der Waals surface area contributed by atoms with E-state index >= 15 is 0 Å². The Morgan fingerprint density at radius 3 is 2.48 bits per heavy atom. The van der Waals surface area contributed by atoms with Crippen LogP contribution in [-0.4, -0.2) is 41.5 Å². The van der Waals surface area contributed by atoms with Gasteiger partial charge in [0.15, 0.2) is 0 Å². The number of piperidine rings is 1. The molecule has 4 rings (SSSR count). The highest BCUT2D eigenvalue weighted by atomic mass is 32.2. The first-order chi connectivity index (χ1) is 15.0. The van der Waals surface area contributed by atoms with Gasteiger partial charge in [-0.25, -0.2) is 8.42 Å². The van der Waals surface area contributed by atoms with E-state index in [2.05, 4.69) is 10.4 Å². The lowest BCUT2D eigenvalue weighted by molar-refractivity contribution is 0.0950. The van der Waals surface area contributed by atoms with Gasteiger partial charge in [0.25, 0.3) is 5.91 Å². The lowest BCUT2D eigenvalue weighted by atomic mass is 10.1. The molecule has 1 saturated heterocycles. The molecule has 0 bridgehead atoms. The van der Waals surface area contributed by atoms with Gasteiger partial charge in [0.05, 0.1) is 11.4 Å². The summed E-state index contributed by atoms with van der Waals surface area (Å²) in [5, 5.41) is 7.15. The Balaban J connectivity index is 1.46. The van der Waals surface area contributed by atoms with Gasteiger partial charge in [-0.15, -0.1) is 0 Å². The first-order valence-electron chi connectivity index (χ1n) is 10.5. The van der Waals surface area contributed by atoms with Crippen molar-refractivity contribution in [2.75, 3.05) is 13.1 Å². The highest BCUT2D eigenvalue weighted by molar-refractivity contribution is 7.89. The average molecular weight is 439 g/mol. The fraction of sp³-hybridized carbons (Fsp3) is 0.304. The van der Waals surface area contributed by atoms with Gasteiger partial charge in [0.2, 0.25) is 10.0 Å². The normalized spacial score (nSPS) is 15.0. The van der Waals surface area contributed by atoms with E-state index in [1.54, 1.807) is 24.4 Å². The zero-order valence-corrected chi connectivity index (χ0v) is 18.1. The zero-order chi connectivity index (χ0) is 21.7. The van der Waals surface area contributed by atoms with E-state index in [0.717, 1.165) is 30.4 Å². The zero-order valence-electron chi connectivity index (χ0n) is 17.3. The Hall–Kier alpha value is -2.97. The summed E-state index contributed by atoms with van der Waals surface area (Å²) in [5.74, 6) is -0.301. The lowest BCUT2D eigenvalue weighted by Crippen LogP contribution is -2.35. The van der Waals surface area contributed by atoms with Crippen molar-refractivity contribution >= 4 is 15.9 Å². The summed E-state index contributed by atoms with van der Waals surface area (Å²) in [6, 6.07) is 16.0. The molecular weight excluding hydrogens is 412 g/mol. The maximum Gasteiger partial charge on any atom is 0.251 e. The molecule has 0 saturated carbocycles. The minimum Gasteiger partial charge on any atom is -0.348 e. The van der Waals surface area contributed by atoms with Crippen LogP contribution in [0.25, 0.3) is 0 Å². The van der Waals surface area contributed by atoms with Crippen molar-refractivity contribution in [3.63, 3.8) is 0 Å². The van der Waals surface area contributed by atoms with Crippen LogP contribution >= 0.6 is 0 Å². The van der Waals surface area contributed by atoms with Gasteiger partial charge in [0.1, 0.15) is 0 Å². The monoisotopic (exact) mass is 438 g/mol. The Morgan fingerprint density at radius 1 is 0.968 bits per heavy atom. The summed E-state index contributed by atoms with van der Waals surface area (Å²) in [6.07, 6.45) is 6.42. The molecule has 162 valence electrons. The first kappa shape index (κ1) is 21.3. The SMILES string of the molecule is O=C(NCc1ccccc1Cn1cccn1)c1cccc(S(=O)(=O)N2CCCCC2)c1. The summed E-state index contributed by atoms with van der Waals surface area (Å²) in [4.78, 5) is 12.9. The molecule has 1 aliphatic rings. The number of nitrogens with one attached hydrogen (secondary N) is 1. The minimum atomic E-state index is -3.58. The molecule has 0 atom stereocenters. The van der Waals surface area contributed by atoms with Gasteiger partial charge in [-0.3, -0.25) is 9.48 Å². The maximum absolute atomic E-state index is 12.9. The number of hydrogen-bond donors (Lipinski definition) is 1. The molecule has 1 fully saturated rings. The van der Waals surface area contributed by atoms with Gasteiger partial charge in [0, 0.05) is 37.6 Å². The number of benzene rings is 2. The molecule has 2 aromatic carbocycles. The number of carbonyl (C=O) groups excluding carboxylic acids is 1. The number of rotatable bonds is 7. The molecule has 1 aromatic heterocycles. The van der Waals surface area contributed by atoms with Crippen molar-refractivity contribution < 1.29 is 13.2 Å². The van der Waals surface area contributed by atoms with Gasteiger partial charge in [-0.05, 0) is 48.2 Å². The quantitative estimate of drug-likeness (QED) is 0.615. The number of amides is 1. The van der Waals surface area contributed by atoms with Crippen molar-refractivity contribution in [3.8, 4) is 0 Å². The van der Waals surface area contributed by atoms with Crippen LogP contribution in [0.1, 0.15) is 40.7 Å². The van der Waals surface area contributed by atoms with E-state index in [9.17, 15) is 13.2 Å². The van der Waals surface area contributed by atoms with Crippen LogP contribution in [0.4, 0.5) is 0 Å². The molecule has 3 aromatic rings. The predicted molar refractivity (Wildman–Crippen MR) is 118 cm³/mol. The van der Waals surface area contributed by atoms with E-state index in [1.165, 1.54) is 10.4 Å². The van der Waals surface area contributed by atoms with Crippen LogP contribution in [0.3, 0.4) is 0 Å². The van der Waals surface area contributed by atoms with Gasteiger partial charge in [-0.2, -0.15) is 9.40 Å². The third-order valence-electron chi connectivity index (χ3n) is 5.50. The van der Waals surface area contributed by atoms with Crippen LogP contribution in [0.2, 0.25) is 0 Å². The number of sulfonamides is 1. The predicted octanol–water partition coefficient (Wildman–Crippen LogP) is 3.04. The van der Waals surface area contributed by atoms with E-state index in [0.29, 0.717) is 31.7 Å². The smallest absolute Gasteiger partial charge is 0.251 e. The molecule has 0 unspecified atom stereocenters. The van der Waals surface area contributed by atoms with Crippen molar-refractivity contribution in [2.24, 2.45) is 0 Å². The maximum atomic E-state index is 12.9. The largest absolute Gasteiger partial charge is 0.348 e. The van der Waals surface area contributed by atoms with Crippen LogP contribution in [-0.2, 0) is 23.1 Å². The standard InChI is InChI=1S/C23H26N4O3S/c28-23(24-17-20-8-2-3-9-21(20)18-26-13-7-12-25-26)19-10-6-11-22(16-19)31(29,30)27-14-4-1-5-15-27/h2-3,6-13,16H,1,4-5,14-15,17-18H2,(H,24,28). The van der Waals surface area contributed by atoms with E-state index in [4.69, 9.17) is 0 Å². The van der Waals surface area contributed by atoms with Crippen molar-refractivity contribution in [1.29, 1.82) is 0 Å². The highest BCUT2D eigenvalue weighted by Gasteiger charge is 2.26. The molecule has 0 radical (unpaired) electrons. The van der Waals surface area contributed by atoms with E-state index in [-0.39, 0.29) is 10.8 Å². The summed E-state index contributed by atoms with van der Waals surface area (Å²) < 4.78 is 29.2. The van der Waals surface area contributed by atoms with Crippen molar-refractivity contribution in [1.82, 2.24) is 19.4 Å². The Labute approximate surface area is 182 Å². The van der Waals surface area contributed by atoms with Crippen molar-refractivity contribution in [2.45, 2.75) is 37.2 Å². The Kier molecular flexibility index (Phi) is 6.48. The van der Waals surface area contributed by atoms with Gasteiger partial charge >= 0.3 is 0 Å². The topological polar surface area (TPSA) is 84.3 Å². The molecule has 2 heterocycles. The summed E-state index contributed by atoms with van der Waals surface area (Å²) >= 11 is 0. The molecular formula is C23H26N4O3S. The van der Waals surface area contributed by atoms with Gasteiger partial charge in [-0.1, -0.05) is 36.8 Å². The Morgan fingerprint density at radius 2 is 1.74 bits per heavy atom. The number of aromatic nitrogens is 2. The Bertz CT molecular complexity index is 1140. The van der Waals surface area contributed by atoms with Crippen LogP contribution < -0.4 is 5.32 Å². The summed E-state index contributed by atoms with van der Waals surface area (Å²) in [6.45, 7) is 2.03. The third-order valence-corrected chi connectivity index (χ3v) is 7.39. The molecule has 1 N–H and O–H groups in total. The molecule has 8 heteroatoms. The number of hydrogen-bond acceptors (Lipinski definition) is 4. The molecule has 0 aliphatic carbocycles. The second-order valence-corrected chi connectivity index (χ2v) is 9.59. The molecule has 31 heavy (non-hydrogen) atoms. The van der Waals surface area contributed by atoms with Crippen LogP contribution in [0, 0.1) is 0 Å². The van der Waals surface area contributed by atoms with Crippen LogP contribution in [0.5, 0.6) is 0 Å². The lowest BCUT2D eigenvalue weighted by Gasteiger charge is -2.26. The van der Waals surface area contributed by atoms with E-state index in [1.807, 2.05) is 41.2 Å². The summed E-state index contributed by atoms with van der Waals surface area (Å²) in [5.41, 5.74) is 2.39. The fourth-order valence-corrected chi connectivity index (χ4v) is 5.35. The molecule has 0 spiro atoms. The molecule has 1 aliphatic heterocycles. The van der Waals surface area contributed by atoms with Gasteiger partial charge < -0.3 is 5.32 Å². The van der Waals surface area contributed by atoms with Crippen molar-refractivity contribution in [3.05, 3.63) is 83.7 Å². The summed E-state index contributed by atoms with van der Waals surface area (Å²) in [7, 11) is -3.58. The highest BCUT2D eigenvalue weighted by Crippen LogP contribution is 2.21. The fourth-order valence-electron chi connectivity index (χ4n) is 3.78. The second-order valence-electron chi connectivity index (χ2n) is 7.65. The third kappa shape index (κ3) is 5.03. The molecule has 1 amide bonds. The first-order valence-corrected chi connectivity index (χ1v) is 11.9.